The molecule has 2 aliphatic heterocycles. The number of rotatable bonds is 4. The molecule has 0 bridgehead atoms. The van der Waals surface area contributed by atoms with Gasteiger partial charge in [0.2, 0.25) is 0 Å². The van der Waals surface area contributed by atoms with E-state index >= 15 is 0 Å². The summed E-state index contributed by atoms with van der Waals surface area (Å²) in [4.78, 5) is 2.42. The molecule has 1 aromatic carbocycles. The van der Waals surface area contributed by atoms with E-state index in [1.807, 2.05) is 0 Å². The van der Waals surface area contributed by atoms with Gasteiger partial charge in [-0.1, -0.05) is 25.5 Å². The summed E-state index contributed by atoms with van der Waals surface area (Å²) in [6.07, 6.45) is 5.88. The maximum atomic E-state index is 6.56. The lowest BCUT2D eigenvalue weighted by Crippen LogP contribution is -2.51. The lowest BCUT2D eigenvalue weighted by molar-refractivity contribution is -0.0202. The molecule has 0 aromatic heterocycles. The van der Waals surface area contributed by atoms with Gasteiger partial charge in [0.25, 0.3) is 0 Å². The quantitative estimate of drug-likeness (QED) is 0.859. The van der Waals surface area contributed by atoms with Gasteiger partial charge in [-0.2, -0.15) is 0 Å². The highest BCUT2D eigenvalue weighted by Gasteiger charge is 2.42. The van der Waals surface area contributed by atoms with Gasteiger partial charge in [-0.3, -0.25) is 0 Å². The van der Waals surface area contributed by atoms with E-state index in [0.29, 0.717) is 6.04 Å². The number of hydrogen-bond donors (Lipinski definition) is 1. The molecule has 0 amide bonds. The minimum Gasteiger partial charge on any atom is -0.487 e. The highest BCUT2D eigenvalue weighted by molar-refractivity contribution is 5.42. The van der Waals surface area contributed by atoms with Gasteiger partial charge in [-0.15, -0.1) is 0 Å². The molecule has 2 aliphatic rings. The Morgan fingerprint density at radius 2 is 2.09 bits per heavy atom. The molecule has 22 heavy (non-hydrogen) atoms. The molecule has 3 nitrogen and oxygen atoms in total. The molecule has 0 aliphatic carbocycles. The van der Waals surface area contributed by atoms with Crippen LogP contribution in [0.1, 0.15) is 56.2 Å². The first-order valence-electron chi connectivity index (χ1n) is 8.83. The van der Waals surface area contributed by atoms with Gasteiger partial charge in [0.15, 0.2) is 0 Å². The first kappa shape index (κ1) is 15.8. The van der Waals surface area contributed by atoms with Gasteiger partial charge < -0.3 is 15.0 Å². The van der Waals surface area contributed by atoms with E-state index in [1.54, 1.807) is 0 Å². The van der Waals surface area contributed by atoms with Gasteiger partial charge in [-0.25, -0.2) is 0 Å². The number of nitrogens with zero attached hydrogens (tertiary/aromatic N) is 1. The van der Waals surface area contributed by atoms with Crippen LogP contribution < -0.4 is 10.1 Å². The summed E-state index contributed by atoms with van der Waals surface area (Å²) in [5.74, 6) is 1.12. The Bertz CT molecular complexity index is 506. The Labute approximate surface area is 135 Å². The lowest BCUT2D eigenvalue weighted by Gasteiger charge is -2.46. The van der Waals surface area contributed by atoms with Crippen molar-refractivity contribution in [1.82, 2.24) is 10.2 Å². The summed E-state index contributed by atoms with van der Waals surface area (Å²) in [7, 11) is 2.21. The van der Waals surface area contributed by atoms with E-state index in [1.165, 1.54) is 24.0 Å². The minimum absolute atomic E-state index is 0.0389. The fourth-order valence-corrected chi connectivity index (χ4v) is 3.74. The van der Waals surface area contributed by atoms with E-state index in [9.17, 15) is 0 Å². The fourth-order valence-electron chi connectivity index (χ4n) is 3.74. The summed E-state index contributed by atoms with van der Waals surface area (Å²) in [6.45, 7) is 7.79. The molecule has 1 fully saturated rings. The predicted octanol–water partition coefficient (Wildman–Crippen LogP) is 3.67. The zero-order valence-corrected chi connectivity index (χ0v) is 14.3. The van der Waals surface area contributed by atoms with Crippen molar-refractivity contribution in [3.05, 3.63) is 29.3 Å². The summed E-state index contributed by atoms with van der Waals surface area (Å²) in [6, 6.07) is 7.14. The SMILES string of the molecule is CCCCNC1CC2(CCN(C)CC2)Oc2cc(C)ccc21. The Hall–Kier alpha value is -1.06. The van der Waals surface area contributed by atoms with Crippen LogP contribution in [-0.2, 0) is 0 Å². The zero-order chi connectivity index (χ0) is 15.6. The molecule has 1 N–H and O–H groups in total. The Balaban J connectivity index is 1.83. The molecule has 1 unspecified atom stereocenters. The summed E-state index contributed by atoms with van der Waals surface area (Å²) in [5.41, 5.74) is 2.68. The average Bonchev–Trinajstić information content (AvgIpc) is 2.50. The molecular weight excluding hydrogens is 272 g/mol. The smallest absolute Gasteiger partial charge is 0.125 e. The second kappa shape index (κ2) is 6.59. The third-order valence-electron chi connectivity index (χ3n) is 5.27. The van der Waals surface area contributed by atoms with Crippen molar-refractivity contribution >= 4 is 0 Å². The van der Waals surface area contributed by atoms with E-state index < -0.39 is 0 Å². The van der Waals surface area contributed by atoms with Gasteiger partial charge in [-0.05, 0) is 51.4 Å². The van der Waals surface area contributed by atoms with Crippen LogP contribution in [0.5, 0.6) is 5.75 Å². The largest absolute Gasteiger partial charge is 0.487 e. The number of piperidine rings is 1. The number of fused-ring (bicyclic) bond motifs is 1. The van der Waals surface area contributed by atoms with Crippen LogP contribution in [0.2, 0.25) is 0 Å². The second-order valence-corrected chi connectivity index (χ2v) is 7.19. The molecule has 1 aromatic rings. The number of aryl methyl sites for hydroxylation is 1. The fraction of sp³-hybridized carbons (Fsp3) is 0.684. The minimum atomic E-state index is 0.0389. The van der Waals surface area contributed by atoms with Crippen molar-refractivity contribution in [2.45, 2.75) is 57.6 Å². The Morgan fingerprint density at radius 1 is 1.32 bits per heavy atom. The number of ether oxygens (including phenoxy) is 1. The molecule has 1 atom stereocenters. The van der Waals surface area contributed by atoms with Crippen molar-refractivity contribution in [2.75, 3.05) is 26.7 Å². The van der Waals surface area contributed by atoms with Gasteiger partial charge >= 0.3 is 0 Å². The molecule has 0 radical (unpaired) electrons. The van der Waals surface area contributed by atoms with Crippen LogP contribution in [0.25, 0.3) is 0 Å². The van der Waals surface area contributed by atoms with E-state index in [-0.39, 0.29) is 5.60 Å². The van der Waals surface area contributed by atoms with E-state index in [0.717, 1.165) is 44.6 Å². The predicted molar refractivity (Wildman–Crippen MR) is 91.5 cm³/mol. The standard InChI is InChI=1S/C19H30N2O/c1-4-5-10-20-17-14-19(8-11-21(3)12-9-19)22-18-13-15(2)6-7-16(17)18/h6-7,13,17,20H,4-5,8-12,14H2,1-3H3. The molecule has 1 saturated heterocycles. The first-order chi connectivity index (χ1) is 10.6. The van der Waals surface area contributed by atoms with Crippen LogP contribution in [0.15, 0.2) is 18.2 Å². The van der Waals surface area contributed by atoms with Crippen molar-refractivity contribution < 1.29 is 4.74 Å². The van der Waals surface area contributed by atoms with Crippen LogP contribution in [-0.4, -0.2) is 37.2 Å². The summed E-state index contributed by atoms with van der Waals surface area (Å²) in [5, 5.41) is 3.79. The maximum absolute atomic E-state index is 6.56. The van der Waals surface area contributed by atoms with Crippen LogP contribution >= 0.6 is 0 Å². The highest BCUT2D eigenvalue weighted by Crippen LogP contribution is 2.44. The normalized spacial score (nSPS) is 24.0. The molecule has 2 heterocycles. The number of likely N-dealkylation sites (tertiary alicyclic amines) is 1. The maximum Gasteiger partial charge on any atom is 0.125 e. The van der Waals surface area contributed by atoms with Crippen molar-refractivity contribution in [1.29, 1.82) is 0 Å². The second-order valence-electron chi connectivity index (χ2n) is 7.19. The van der Waals surface area contributed by atoms with Crippen LogP contribution in [0, 0.1) is 6.92 Å². The molecule has 3 rings (SSSR count). The first-order valence-corrected chi connectivity index (χ1v) is 8.83. The molecule has 1 spiro atoms. The molecule has 3 heteroatoms. The highest BCUT2D eigenvalue weighted by atomic mass is 16.5. The van der Waals surface area contributed by atoms with Crippen LogP contribution in [0.4, 0.5) is 0 Å². The third kappa shape index (κ3) is 3.31. The lowest BCUT2D eigenvalue weighted by atomic mass is 9.80. The van der Waals surface area contributed by atoms with Crippen molar-refractivity contribution in [2.24, 2.45) is 0 Å². The third-order valence-corrected chi connectivity index (χ3v) is 5.27. The topological polar surface area (TPSA) is 24.5 Å². The summed E-state index contributed by atoms with van der Waals surface area (Å²) < 4.78 is 6.56. The van der Waals surface area contributed by atoms with Gasteiger partial charge in [0, 0.05) is 31.1 Å². The average molecular weight is 302 g/mol. The van der Waals surface area contributed by atoms with E-state index in [4.69, 9.17) is 4.74 Å². The van der Waals surface area contributed by atoms with Gasteiger partial charge in [0.1, 0.15) is 11.4 Å². The molecular formula is C19H30N2O. The van der Waals surface area contributed by atoms with Gasteiger partial charge in [0.05, 0.1) is 0 Å². The number of hydrogen-bond acceptors (Lipinski definition) is 3. The molecule has 0 saturated carbocycles. The Kier molecular flexibility index (Phi) is 4.74. The van der Waals surface area contributed by atoms with Crippen molar-refractivity contribution in [3.63, 3.8) is 0 Å². The monoisotopic (exact) mass is 302 g/mol. The van der Waals surface area contributed by atoms with Crippen molar-refractivity contribution in [3.8, 4) is 5.75 Å². The number of nitrogens with one attached hydrogen (secondary N) is 1. The number of benzene rings is 1. The van der Waals surface area contributed by atoms with E-state index in [2.05, 4.69) is 49.3 Å². The molecule has 122 valence electrons. The summed E-state index contributed by atoms with van der Waals surface area (Å²) >= 11 is 0. The Morgan fingerprint density at radius 3 is 2.82 bits per heavy atom. The van der Waals surface area contributed by atoms with Crippen LogP contribution in [0.3, 0.4) is 0 Å². The zero-order valence-electron chi connectivity index (χ0n) is 14.3. The number of unbranched alkanes of at least 4 members (excludes halogenated alkanes) is 1.